The van der Waals surface area contributed by atoms with E-state index in [0.717, 1.165) is 35.8 Å². The summed E-state index contributed by atoms with van der Waals surface area (Å²) in [7, 11) is 0. The number of nitrogens with two attached hydrogens (primary N) is 1. The third-order valence-electron chi connectivity index (χ3n) is 3.59. The van der Waals surface area contributed by atoms with Crippen LogP contribution >= 0.6 is 0 Å². The smallest absolute Gasteiger partial charge is 0.330 e. The van der Waals surface area contributed by atoms with E-state index in [-0.39, 0.29) is 0 Å². The highest BCUT2D eigenvalue weighted by atomic mass is 16.5. The topological polar surface area (TPSA) is 78.6 Å². The number of hydrogen-bond donors (Lipinski definition) is 1. The standard InChI is InChI=1S/C22H21NO4/c1-2-21(24)27-16-4-3-15-26-20-13-9-18(10-14-20)6-5-17-7-11-19(12-8-17)22(23)25/h2,7-14H,1,3-4,15-16H2,(H2,23,25). The molecule has 0 aliphatic rings. The summed E-state index contributed by atoms with van der Waals surface area (Å²) in [6.45, 7) is 4.25. The van der Waals surface area contributed by atoms with Gasteiger partial charge in [-0.1, -0.05) is 18.4 Å². The summed E-state index contributed by atoms with van der Waals surface area (Å²) in [5.41, 5.74) is 7.33. The maximum atomic E-state index is 11.0. The Labute approximate surface area is 158 Å². The molecule has 0 aromatic heterocycles. The van der Waals surface area contributed by atoms with E-state index < -0.39 is 11.9 Å². The fraction of sp³-hybridized carbons (Fsp3) is 0.182. The number of amides is 1. The summed E-state index contributed by atoms with van der Waals surface area (Å²) < 4.78 is 10.5. The molecule has 0 aliphatic carbocycles. The number of rotatable bonds is 8. The summed E-state index contributed by atoms with van der Waals surface area (Å²) in [5, 5.41) is 0. The van der Waals surface area contributed by atoms with Gasteiger partial charge in [0, 0.05) is 22.8 Å². The molecule has 27 heavy (non-hydrogen) atoms. The van der Waals surface area contributed by atoms with E-state index in [2.05, 4.69) is 18.4 Å². The van der Waals surface area contributed by atoms with Crippen molar-refractivity contribution in [2.45, 2.75) is 12.8 Å². The number of carbonyl (C=O) groups excluding carboxylic acids is 2. The molecule has 0 bridgehead atoms. The maximum Gasteiger partial charge on any atom is 0.330 e. The number of benzene rings is 2. The summed E-state index contributed by atoms with van der Waals surface area (Å²) in [4.78, 5) is 21.9. The molecule has 5 heteroatoms. The molecule has 2 rings (SSSR count). The van der Waals surface area contributed by atoms with E-state index in [0.29, 0.717) is 18.8 Å². The molecule has 0 atom stereocenters. The Balaban J connectivity index is 1.77. The molecular weight excluding hydrogens is 342 g/mol. The highest BCUT2D eigenvalue weighted by Crippen LogP contribution is 2.12. The van der Waals surface area contributed by atoms with E-state index >= 15 is 0 Å². The van der Waals surface area contributed by atoms with Crippen LogP contribution in [0.25, 0.3) is 0 Å². The average Bonchev–Trinajstić information content (AvgIpc) is 2.70. The summed E-state index contributed by atoms with van der Waals surface area (Å²) in [6.07, 6.45) is 2.67. The van der Waals surface area contributed by atoms with Crippen LogP contribution < -0.4 is 10.5 Å². The van der Waals surface area contributed by atoms with Crippen molar-refractivity contribution in [1.29, 1.82) is 0 Å². The van der Waals surface area contributed by atoms with Gasteiger partial charge in [0.05, 0.1) is 13.2 Å². The number of hydrogen-bond acceptors (Lipinski definition) is 4. The van der Waals surface area contributed by atoms with Gasteiger partial charge in [0.25, 0.3) is 0 Å². The maximum absolute atomic E-state index is 11.0. The minimum absolute atomic E-state index is 0.364. The van der Waals surface area contributed by atoms with Gasteiger partial charge >= 0.3 is 5.97 Å². The molecule has 0 fully saturated rings. The van der Waals surface area contributed by atoms with Crippen molar-refractivity contribution in [2.75, 3.05) is 13.2 Å². The third kappa shape index (κ3) is 7.09. The normalized spacial score (nSPS) is 9.63. The van der Waals surface area contributed by atoms with Crippen LogP contribution in [-0.4, -0.2) is 25.1 Å². The van der Waals surface area contributed by atoms with Crippen molar-refractivity contribution in [3.63, 3.8) is 0 Å². The van der Waals surface area contributed by atoms with Gasteiger partial charge in [-0.15, -0.1) is 0 Å². The lowest BCUT2D eigenvalue weighted by atomic mass is 10.1. The Bertz CT molecular complexity index is 843. The highest BCUT2D eigenvalue weighted by Gasteiger charge is 1.99. The van der Waals surface area contributed by atoms with E-state index in [4.69, 9.17) is 15.2 Å². The number of esters is 1. The van der Waals surface area contributed by atoms with Gasteiger partial charge in [-0.2, -0.15) is 0 Å². The van der Waals surface area contributed by atoms with Gasteiger partial charge in [-0.3, -0.25) is 4.79 Å². The summed E-state index contributed by atoms with van der Waals surface area (Å²) in [6, 6.07) is 14.3. The number of carbonyl (C=O) groups is 2. The fourth-order valence-corrected chi connectivity index (χ4v) is 2.12. The minimum atomic E-state index is -0.456. The van der Waals surface area contributed by atoms with Crippen LogP contribution in [0.15, 0.2) is 61.2 Å². The van der Waals surface area contributed by atoms with Crippen LogP contribution in [0.2, 0.25) is 0 Å². The van der Waals surface area contributed by atoms with Crippen molar-refractivity contribution < 1.29 is 19.1 Å². The SMILES string of the molecule is C=CC(=O)OCCCCOc1ccc(C#Cc2ccc(C(N)=O)cc2)cc1. The molecule has 0 saturated carbocycles. The molecule has 2 aromatic carbocycles. The highest BCUT2D eigenvalue weighted by molar-refractivity contribution is 5.92. The largest absolute Gasteiger partial charge is 0.494 e. The Hall–Kier alpha value is -3.52. The van der Waals surface area contributed by atoms with Crippen LogP contribution in [0.4, 0.5) is 0 Å². The van der Waals surface area contributed by atoms with Crippen molar-refractivity contribution in [3.8, 4) is 17.6 Å². The molecule has 0 heterocycles. The first kappa shape index (κ1) is 19.8. The molecule has 2 aromatic rings. The quantitative estimate of drug-likeness (QED) is 0.338. The molecule has 2 N–H and O–H groups in total. The molecule has 0 saturated heterocycles. The Morgan fingerprint density at radius 1 is 0.926 bits per heavy atom. The zero-order valence-corrected chi connectivity index (χ0v) is 14.9. The monoisotopic (exact) mass is 363 g/mol. The van der Waals surface area contributed by atoms with E-state index in [1.807, 2.05) is 24.3 Å². The third-order valence-corrected chi connectivity index (χ3v) is 3.59. The predicted octanol–water partition coefficient (Wildman–Crippen LogP) is 3.07. The number of ether oxygens (including phenoxy) is 2. The Morgan fingerprint density at radius 3 is 2.04 bits per heavy atom. The molecule has 0 aliphatic heterocycles. The van der Waals surface area contributed by atoms with Crippen LogP contribution in [-0.2, 0) is 9.53 Å². The second-order valence-corrected chi connectivity index (χ2v) is 5.64. The Morgan fingerprint density at radius 2 is 1.48 bits per heavy atom. The molecule has 138 valence electrons. The van der Waals surface area contributed by atoms with Crippen LogP contribution in [0.3, 0.4) is 0 Å². The zero-order valence-electron chi connectivity index (χ0n) is 14.9. The molecule has 0 spiro atoms. The molecule has 5 nitrogen and oxygen atoms in total. The number of primary amides is 1. The van der Waals surface area contributed by atoms with Gasteiger partial charge in [-0.05, 0) is 61.4 Å². The van der Waals surface area contributed by atoms with Crippen LogP contribution in [0, 0.1) is 11.8 Å². The minimum Gasteiger partial charge on any atom is -0.494 e. The Kier molecular flexibility index (Phi) is 7.68. The summed E-state index contributed by atoms with van der Waals surface area (Å²) in [5.74, 6) is 5.99. The van der Waals surface area contributed by atoms with Gasteiger partial charge in [0.2, 0.25) is 5.91 Å². The van der Waals surface area contributed by atoms with Crippen LogP contribution in [0.1, 0.15) is 34.3 Å². The molecule has 1 amide bonds. The first-order chi connectivity index (χ1) is 13.1. The first-order valence-corrected chi connectivity index (χ1v) is 8.52. The molecule has 0 radical (unpaired) electrons. The predicted molar refractivity (Wildman–Crippen MR) is 103 cm³/mol. The van der Waals surface area contributed by atoms with Crippen molar-refractivity contribution in [1.82, 2.24) is 0 Å². The molecular formula is C22H21NO4. The lowest BCUT2D eigenvalue weighted by Crippen LogP contribution is -2.10. The van der Waals surface area contributed by atoms with Gasteiger partial charge in [-0.25, -0.2) is 4.79 Å². The second-order valence-electron chi connectivity index (χ2n) is 5.64. The lowest BCUT2D eigenvalue weighted by molar-refractivity contribution is -0.137. The summed E-state index contributed by atoms with van der Waals surface area (Å²) >= 11 is 0. The van der Waals surface area contributed by atoms with Crippen LogP contribution in [0.5, 0.6) is 5.75 Å². The molecule has 0 unspecified atom stereocenters. The van der Waals surface area contributed by atoms with E-state index in [1.165, 1.54) is 0 Å². The van der Waals surface area contributed by atoms with E-state index in [1.54, 1.807) is 24.3 Å². The second kappa shape index (κ2) is 10.5. The van der Waals surface area contributed by atoms with Gasteiger partial charge in [0.1, 0.15) is 5.75 Å². The van der Waals surface area contributed by atoms with Crippen molar-refractivity contribution >= 4 is 11.9 Å². The first-order valence-electron chi connectivity index (χ1n) is 8.52. The van der Waals surface area contributed by atoms with Gasteiger partial charge in [0.15, 0.2) is 0 Å². The van der Waals surface area contributed by atoms with E-state index in [9.17, 15) is 9.59 Å². The zero-order chi connectivity index (χ0) is 19.5. The van der Waals surface area contributed by atoms with Crippen molar-refractivity contribution in [3.05, 3.63) is 77.9 Å². The fourth-order valence-electron chi connectivity index (χ4n) is 2.12. The average molecular weight is 363 g/mol. The lowest BCUT2D eigenvalue weighted by Gasteiger charge is -2.06. The van der Waals surface area contributed by atoms with Gasteiger partial charge < -0.3 is 15.2 Å². The number of unbranched alkanes of at least 4 members (excludes halogenated alkanes) is 1. The van der Waals surface area contributed by atoms with Crippen molar-refractivity contribution in [2.24, 2.45) is 5.73 Å².